The minimum absolute atomic E-state index is 0.176. The molecular formula is C24H26ClN5O. The molecule has 3 aromatic rings. The molecule has 1 saturated heterocycles. The normalized spacial score (nSPS) is 21.5. The number of aliphatic hydroxyl groups is 1. The van der Waals surface area contributed by atoms with Crippen LogP contribution in [0.2, 0.25) is 5.02 Å². The number of nitrogens with one attached hydrogen (secondary N) is 1. The highest BCUT2D eigenvalue weighted by molar-refractivity contribution is 6.30. The Bertz CT molecular complexity index is 1060. The summed E-state index contributed by atoms with van der Waals surface area (Å²) in [6.07, 6.45) is 3.10. The maximum absolute atomic E-state index is 11.0. The molecule has 2 N–H and O–H groups in total. The average Bonchev–Trinajstić information content (AvgIpc) is 2.79. The van der Waals surface area contributed by atoms with Gasteiger partial charge in [0.05, 0.1) is 6.10 Å². The maximum atomic E-state index is 11.0. The molecule has 3 heterocycles. The van der Waals surface area contributed by atoms with Crippen LogP contribution in [0.15, 0.2) is 60.9 Å². The first-order chi connectivity index (χ1) is 15.2. The minimum atomic E-state index is -0.418. The molecular weight excluding hydrogens is 410 g/mol. The molecule has 0 amide bonds. The molecule has 5 rings (SSSR count). The number of rotatable bonds is 4. The lowest BCUT2D eigenvalue weighted by Crippen LogP contribution is -2.55. The van der Waals surface area contributed by atoms with Gasteiger partial charge in [-0.2, -0.15) is 0 Å². The Labute approximate surface area is 187 Å². The van der Waals surface area contributed by atoms with Crippen LogP contribution in [0.3, 0.4) is 0 Å². The van der Waals surface area contributed by atoms with Crippen LogP contribution in [0.1, 0.15) is 17.5 Å². The van der Waals surface area contributed by atoms with E-state index in [0.29, 0.717) is 17.4 Å². The van der Waals surface area contributed by atoms with Crippen molar-refractivity contribution in [2.45, 2.75) is 31.5 Å². The molecule has 2 aliphatic rings. The Hall–Kier alpha value is -2.67. The molecule has 2 aromatic carbocycles. The van der Waals surface area contributed by atoms with Gasteiger partial charge in [0.2, 0.25) is 0 Å². The summed E-state index contributed by atoms with van der Waals surface area (Å²) in [6.45, 7) is 3.34. The summed E-state index contributed by atoms with van der Waals surface area (Å²) < 4.78 is 0. The quantitative estimate of drug-likeness (QED) is 0.648. The number of hydrogen-bond acceptors (Lipinski definition) is 6. The van der Waals surface area contributed by atoms with Crippen LogP contribution >= 0.6 is 11.6 Å². The minimum Gasteiger partial charge on any atom is -0.390 e. The van der Waals surface area contributed by atoms with Crippen molar-refractivity contribution in [1.82, 2.24) is 14.9 Å². The van der Waals surface area contributed by atoms with Gasteiger partial charge in [-0.15, -0.1) is 0 Å². The second-order valence-electron chi connectivity index (χ2n) is 8.26. The van der Waals surface area contributed by atoms with E-state index in [4.69, 9.17) is 11.6 Å². The van der Waals surface area contributed by atoms with Gasteiger partial charge in [0, 0.05) is 49.0 Å². The van der Waals surface area contributed by atoms with E-state index in [1.807, 2.05) is 30.3 Å². The monoisotopic (exact) mass is 435 g/mol. The van der Waals surface area contributed by atoms with E-state index in [9.17, 15) is 5.11 Å². The number of anilines is 3. The van der Waals surface area contributed by atoms with Crippen molar-refractivity contribution < 1.29 is 5.11 Å². The highest BCUT2D eigenvalue weighted by atomic mass is 35.5. The van der Waals surface area contributed by atoms with Gasteiger partial charge in [0.15, 0.2) is 0 Å². The van der Waals surface area contributed by atoms with Crippen molar-refractivity contribution in [3.8, 4) is 0 Å². The van der Waals surface area contributed by atoms with E-state index in [1.165, 1.54) is 11.1 Å². The fourth-order valence-corrected chi connectivity index (χ4v) is 4.85. The molecule has 1 fully saturated rings. The van der Waals surface area contributed by atoms with Crippen molar-refractivity contribution in [3.63, 3.8) is 0 Å². The Kier molecular flexibility index (Phi) is 5.76. The zero-order chi connectivity index (χ0) is 21.2. The largest absolute Gasteiger partial charge is 0.390 e. The van der Waals surface area contributed by atoms with Crippen LogP contribution in [-0.4, -0.2) is 51.8 Å². The Balaban J connectivity index is 1.25. The molecule has 1 unspecified atom stereocenters. The Morgan fingerprint density at radius 2 is 1.87 bits per heavy atom. The molecule has 31 heavy (non-hydrogen) atoms. The summed E-state index contributed by atoms with van der Waals surface area (Å²) in [5, 5.41) is 14.9. The fourth-order valence-electron chi connectivity index (χ4n) is 4.66. The second-order valence-corrected chi connectivity index (χ2v) is 8.69. The summed E-state index contributed by atoms with van der Waals surface area (Å²) >= 11 is 6.07. The number of hydrogen-bond donors (Lipinski definition) is 2. The van der Waals surface area contributed by atoms with Gasteiger partial charge in [0.25, 0.3) is 0 Å². The van der Waals surface area contributed by atoms with Gasteiger partial charge >= 0.3 is 0 Å². The van der Waals surface area contributed by atoms with Gasteiger partial charge in [-0.3, -0.25) is 4.90 Å². The van der Waals surface area contributed by atoms with Crippen LogP contribution in [-0.2, 0) is 13.0 Å². The SMILES string of the molecule is O[C@H]1CN(c2cc(Nc3cccc(Cl)c3)ncn2)CCC1N1CCc2ccccc2C1. The summed E-state index contributed by atoms with van der Waals surface area (Å²) in [5.74, 6) is 1.53. The number of piperidine rings is 1. The molecule has 7 heteroatoms. The maximum Gasteiger partial charge on any atom is 0.135 e. The average molecular weight is 436 g/mol. The first kappa shape index (κ1) is 20.2. The highest BCUT2D eigenvalue weighted by Crippen LogP contribution is 2.28. The first-order valence-electron chi connectivity index (χ1n) is 10.7. The topological polar surface area (TPSA) is 64.5 Å². The van der Waals surface area contributed by atoms with E-state index in [-0.39, 0.29) is 6.04 Å². The fraction of sp³-hybridized carbons (Fsp3) is 0.333. The zero-order valence-electron chi connectivity index (χ0n) is 17.3. The highest BCUT2D eigenvalue weighted by Gasteiger charge is 2.34. The molecule has 0 bridgehead atoms. The first-order valence-corrected chi connectivity index (χ1v) is 11.1. The van der Waals surface area contributed by atoms with E-state index < -0.39 is 6.10 Å². The van der Waals surface area contributed by atoms with Crippen LogP contribution in [0.4, 0.5) is 17.3 Å². The molecule has 1 aromatic heterocycles. The lowest BCUT2D eigenvalue weighted by Gasteiger charge is -2.43. The number of fused-ring (bicyclic) bond motifs is 1. The Morgan fingerprint density at radius 3 is 2.71 bits per heavy atom. The number of benzene rings is 2. The molecule has 0 spiro atoms. The van der Waals surface area contributed by atoms with Crippen LogP contribution in [0, 0.1) is 0 Å². The molecule has 6 nitrogen and oxygen atoms in total. The van der Waals surface area contributed by atoms with Gasteiger partial charge < -0.3 is 15.3 Å². The summed E-state index contributed by atoms with van der Waals surface area (Å²) in [7, 11) is 0. The molecule has 160 valence electrons. The molecule has 2 atom stereocenters. The predicted octanol–water partition coefficient (Wildman–Crippen LogP) is 3.87. The standard InChI is InChI=1S/C24H26ClN5O/c25-19-6-3-7-20(12-19)28-23-13-24(27-16-26-23)30-11-9-21(22(31)15-30)29-10-8-17-4-1-2-5-18(17)14-29/h1-7,12-13,16,21-22,31H,8-11,14-15H2,(H,26,27,28)/t21?,22-/m0/s1. The summed E-state index contributed by atoms with van der Waals surface area (Å²) in [4.78, 5) is 13.4. The van der Waals surface area contributed by atoms with E-state index in [1.54, 1.807) is 6.33 Å². The molecule has 0 aliphatic carbocycles. The van der Waals surface area contributed by atoms with Crippen molar-refractivity contribution in [1.29, 1.82) is 0 Å². The summed E-state index contributed by atoms with van der Waals surface area (Å²) in [5.41, 5.74) is 3.70. The number of aromatic nitrogens is 2. The number of aliphatic hydroxyl groups excluding tert-OH is 1. The third-order valence-electron chi connectivity index (χ3n) is 6.25. The third-order valence-corrected chi connectivity index (χ3v) is 6.48. The zero-order valence-corrected chi connectivity index (χ0v) is 18.0. The van der Waals surface area contributed by atoms with E-state index in [0.717, 1.165) is 44.0 Å². The molecule has 2 aliphatic heterocycles. The second kappa shape index (κ2) is 8.83. The van der Waals surface area contributed by atoms with Crippen molar-refractivity contribution in [2.24, 2.45) is 0 Å². The van der Waals surface area contributed by atoms with Crippen LogP contribution < -0.4 is 10.2 Å². The van der Waals surface area contributed by atoms with Crippen molar-refractivity contribution in [3.05, 3.63) is 77.1 Å². The van der Waals surface area contributed by atoms with Gasteiger partial charge in [0.1, 0.15) is 18.0 Å². The molecule has 0 radical (unpaired) electrons. The summed E-state index contributed by atoms with van der Waals surface area (Å²) in [6, 6.07) is 18.3. The van der Waals surface area contributed by atoms with Crippen LogP contribution in [0.5, 0.6) is 0 Å². The lowest BCUT2D eigenvalue weighted by atomic mass is 9.94. The predicted molar refractivity (Wildman–Crippen MR) is 124 cm³/mol. The van der Waals surface area contributed by atoms with Gasteiger partial charge in [-0.05, 0) is 42.2 Å². The number of nitrogens with zero attached hydrogens (tertiary/aromatic N) is 4. The lowest BCUT2D eigenvalue weighted by molar-refractivity contribution is 0.0293. The van der Waals surface area contributed by atoms with Gasteiger partial charge in [-0.25, -0.2) is 9.97 Å². The van der Waals surface area contributed by atoms with Crippen molar-refractivity contribution >= 4 is 28.9 Å². The van der Waals surface area contributed by atoms with E-state index in [2.05, 4.69) is 49.4 Å². The van der Waals surface area contributed by atoms with E-state index >= 15 is 0 Å². The van der Waals surface area contributed by atoms with Gasteiger partial charge in [-0.1, -0.05) is 41.9 Å². The van der Waals surface area contributed by atoms with Crippen LogP contribution in [0.25, 0.3) is 0 Å². The molecule has 0 saturated carbocycles. The third kappa shape index (κ3) is 4.51. The Morgan fingerprint density at radius 1 is 1.00 bits per heavy atom. The number of halogens is 1. The van der Waals surface area contributed by atoms with Crippen molar-refractivity contribution in [2.75, 3.05) is 29.9 Å². The number of β-amino-alcohol motifs (C(OH)–C–C–N with tert-alkyl or cyclic N) is 1. The smallest absolute Gasteiger partial charge is 0.135 e.